The topological polar surface area (TPSA) is 59.8 Å². The number of imidazole rings is 1. The van der Waals surface area contributed by atoms with Crippen LogP contribution in [0.5, 0.6) is 11.5 Å². The molecule has 2 aromatic carbocycles. The zero-order chi connectivity index (χ0) is 24.1. The summed E-state index contributed by atoms with van der Waals surface area (Å²) in [5.74, 6) is 2.88. The van der Waals surface area contributed by atoms with Crippen LogP contribution < -0.4 is 9.47 Å². The molecular formula is C28H37N3O3. The average molecular weight is 464 g/mol. The Bertz CT molecular complexity index is 1080. The molecular weight excluding hydrogens is 426 g/mol. The number of hydrogen-bond acceptors (Lipinski definition) is 5. The van der Waals surface area contributed by atoms with E-state index in [1.807, 2.05) is 24.3 Å². The van der Waals surface area contributed by atoms with E-state index in [-0.39, 0.29) is 12.0 Å². The van der Waals surface area contributed by atoms with Crippen molar-refractivity contribution in [2.45, 2.75) is 53.2 Å². The smallest absolute Gasteiger partial charge is 0.119 e. The first-order chi connectivity index (χ1) is 16.3. The van der Waals surface area contributed by atoms with Gasteiger partial charge >= 0.3 is 0 Å². The molecule has 0 aliphatic carbocycles. The van der Waals surface area contributed by atoms with Crippen molar-refractivity contribution in [3.05, 3.63) is 76.9 Å². The maximum atomic E-state index is 9.03. The molecule has 1 aliphatic rings. The third kappa shape index (κ3) is 6.19. The molecule has 1 aliphatic heterocycles. The lowest BCUT2D eigenvalue weighted by Crippen LogP contribution is -2.34. The second-order valence-corrected chi connectivity index (χ2v) is 10.3. The van der Waals surface area contributed by atoms with Crippen LogP contribution in [0.15, 0.2) is 48.5 Å². The number of aromatic nitrogens is 2. The lowest BCUT2D eigenvalue weighted by Gasteiger charge is -2.30. The average Bonchev–Trinajstić information content (AvgIpc) is 3.13. The van der Waals surface area contributed by atoms with Gasteiger partial charge in [0.25, 0.3) is 0 Å². The van der Waals surface area contributed by atoms with E-state index in [1.165, 1.54) is 28.3 Å². The molecule has 1 aromatic heterocycles. The fraction of sp³-hybridized carbons (Fsp3) is 0.464. The molecule has 4 rings (SSSR count). The molecule has 0 spiro atoms. The molecule has 182 valence electrons. The van der Waals surface area contributed by atoms with Gasteiger partial charge in [0.15, 0.2) is 0 Å². The number of fused-ring (bicyclic) bond motifs is 1. The number of benzene rings is 2. The van der Waals surface area contributed by atoms with Gasteiger partial charge in [-0.15, -0.1) is 0 Å². The van der Waals surface area contributed by atoms with Crippen LogP contribution in [0.2, 0.25) is 0 Å². The number of methoxy groups -OCH3 is 1. The maximum Gasteiger partial charge on any atom is 0.119 e. The number of aliphatic hydroxyl groups is 1. The first-order valence-electron chi connectivity index (χ1n) is 12.1. The minimum Gasteiger partial charge on any atom is -0.497 e. The van der Waals surface area contributed by atoms with Gasteiger partial charge in [0.2, 0.25) is 0 Å². The van der Waals surface area contributed by atoms with Gasteiger partial charge in [0, 0.05) is 39.0 Å². The quantitative estimate of drug-likeness (QED) is 0.508. The van der Waals surface area contributed by atoms with Crippen LogP contribution in [0.1, 0.15) is 49.1 Å². The summed E-state index contributed by atoms with van der Waals surface area (Å²) in [4.78, 5) is 7.65. The Balaban J connectivity index is 1.55. The van der Waals surface area contributed by atoms with Gasteiger partial charge in [0.05, 0.1) is 25.1 Å². The SMILES string of the molecule is COc1ccc(Cc2nc(CC(C)(C)C)n3c2CN(Cc2cccc(OCCO)c2)CC3)cc1. The fourth-order valence-electron chi connectivity index (χ4n) is 4.54. The zero-order valence-electron chi connectivity index (χ0n) is 20.9. The summed E-state index contributed by atoms with van der Waals surface area (Å²) in [5, 5.41) is 9.03. The van der Waals surface area contributed by atoms with Crippen molar-refractivity contribution in [2.75, 3.05) is 26.9 Å². The lowest BCUT2D eigenvalue weighted by molar-refractivity contribution is 0.199. The van der Waals surface area contributed by atoms with Crippen LogP contribution in [0.4, 0.5) is 0 Å². The van der Waals surface area contributed by atoms with Gasteiger partial charge in [-0.25, -0.2) is 4.98 Å². The molecule has 0 amide bonds. The maximum absolute atomic E-state index is 9.03. The Labute approximate surface area is 203 Å². The van der Waals surface area contributed by atoms with Gasteiger partial charge < -0.3 is 19.1 Å². The summed E-state index contributed by atoms with van der Waals surface area (Å²) in [6.07, 6.45) is 1.79. The Morgan fingerprint density at radius 3 is 2.50 bits per heavy atom. The minimum atomic E-state index is 0.0220. The minimum absolute atomic E-state index is 0.0220. The zero-order valence-corrected chi connectivity index (χ0v) is 20.9. The Hall–Kier alpha value is -2.83. The Morgan fingerprint density at radius 1 is 1.00 bits per heavy atom. The van der Waals surface area contributed by atoms with Crippen LogP contribution in [-0.2, 0) is 32.5 Å². The molecule has 1 N–H and O–H groups in total. The lowest BCUT2D eigenvalue weighted by atomic mass is 9.92. The van der Waals surface area contributed by atoms with E-state index in [0.717, 1.165) is 50.5 Å². The van der Waals surface area contributed by atoms with Gasteiger partial charge in [-0.1, -0.05) is 45.0 Å². The van der Waals surface area contributed by atoms with Crippen molar-refractivity contribution in [2.24, 2.45) is 5.41 Å². The standard InChI is InChI=1S/C28H37N3O3/c1-28(2,3)18-27-29-25(17-21-8-10-23(33-4)11-9-21)26-20-30(12-13-31(26)27)19-22-6-5-7-24(16-22)34-15-14-32/h5-11,16,32H,12-15,17-20H2,1-4H3. The highest BCUT2D eigenvalue weighted by Gasteiger charge is 2.26. The van der Waals surface area contributed by atoms with Crippen molar-refractivity contribution < 1.29 is 14.6 Å². The highest BCUT2D eigenvalue weighted by Crippen LogP contribution is 2.28. The van der Waals surface area contributed by atoms with Crippen molar-refractivity contribution in [1.29, 1.82) is 0 Å². The van der Waals surface area contributed by atoms with Gasteiger partial charge in [-0.3, -0.25) is 4.90 Å². The Morgan fingerprint density at radius 2 is 1.79 bits per heavy atom. The van der Waals surface area contributed by atoms with E-state index in [9.17, 15) is 0 Å². The third-order valence-corrected chi connectivity index (χ3v) is 6.13. The molecule has 6 nitrogen and oxygen atoms in total. The third-order valence-electron chi connectivity index (χ3n) is 6.13. The molecule has 0 atom stereocenters. The van der Waals surface area contributed by atoms with Crippen molar-refractivity contribution >= 4 is 0 Å². The molecule has 0 fully saturated rings. The number of ether oxygens (including phenoxy) is 2. The van der Waals surface area contributed by atoms with Crippen LogP contribution in [0, 0.1) is 5.41 Å². The van der Waals surface area contributed by atoms with E-state index in [4.69, 9.17) is 19.6 Å². The molecule has 0 saturated carbocycles. The van der Waals surface area contributed by atoms with Gasteiger partial charge in [-0.2, -0.15) is 0 Å². The van der Waals surface area contributed by atoms with Gasteiger partial charge in [0.1, 0.15) is 23.9 Å². The van der Waals surface area contributed by atoms with E-state index >= 15 is 0 Å². The number of hydrogen-bond donors (Lipinski definition) is 1. The first-order valence-corrected chi connectivity index (χ1v) is 12.1. The van der Waals surface area contributed by atoms with E-state index < -0.39 is 0 Å². The molecule has 0 radical (unpaired) electrons. The van der Waals surface area contributed by atoms with Crippen LogP contribution in [0.25, 0.3) is 0 Å². The number of aliphatic hydroxyl groups excluding tert-OH is 1. The van der Waals surface area contributed by atoms with E-state index in [0.29, 0.717) is 6.61 Å². The summed E-state index contributed by atoms with van der Waals surface area (Å²) >= 11 is 0. The predicted molar refractivity (Wildman–Crippen MR) is 134 cm³/mol. The first kappa shape index (κ1) is 24.3. The molecule has 0 saturated heterocycles. The fourth-order valence-corrected chi connectivity index (χ4v) is 4.54. The normalized spacial score (nSPS) is 14.1. The molecule has 6 heteroatoms. The second kappa shape index (κ2) is 10.6. The summed E-state index contributed by atoms with van der Waals surface area (Å²) in [7, 11) is 1.70. The summed E-state index contributed by atoms with van der Waals surface area (Å²) in [5.41, 5.74) is 5.15. The molecule has 34 heavy (non-hydrogen) atoms. The van der Waals surface area contributed by atoms with Gasteiger partial charge in [-0.05, 0) is 40.8 Å². The van der Waals surface area contributed by atoms with Crippen molar-refractivity contribution in [1.82, 2.24) is 14.5 Å². The largest absolute Gasteiger partial charge is 0.497 e. The molecule has 3 aromatic rings. The Kier molecular flexibility index (Phi) is 7.59. The van der Waals surface area contributed by atoms with Crippen LogP contribution in [-0.4, -0.2) is 46.4 Å². The predicted octanol–water partition coefficient (Wildman–Crippen LogP) is 4.46. The molecule has 0 unspecified atom stereocenters. The monoisotopic (exact) mass is 463 g/mol. The number of rotatable bonds is 9. The van der Waals surface area contributed by atoms with Crippen LogP contribution in [0.3, 0.4) is 0 Å². The van der Waals surface area contributed by atoms with E-state index in [1.54, 1.807) is 7.11 Å². The van der Waals surface area contributed by atoms with Crippen LogP contribution >= 0.6 is 0 Å². The highest BCUT2D eigenvalue weighted by atomic mass is 16.5. The molecule has 2 heterocycles. The van der Waals surface area contributed by atoms with Crippen molar-refractivity contribution in [3.8, 4) is 11.5 Å². The second-order valence-electron chi connectivity index (χ2n) is 10.3. The summed E-state index contributed by atoms with van der Waals surface area (Å²) in [6, 6.07) is 16.5. The van der Waals surface area contributed by atoms with E-state index in [2.05, 4.69) is 54.5 Å². The number of nitrogens with zero attached hydrogens (tertiary/aromatic N) is 3. The summed E-state index contributed by atoms with van der Waals surface area (Å²) < 4.78 is 13.4. The van der Waals surface area contributed by atoms with Crippen molar-refractivity contribution in [3.63, 3.8) is 0 Å². The summed E-state index contributed by atoms with van der Waals surface area (Å²) in [6.45, 7) is 10.9. The highest BCUT2D eigenvalue weighted by molar-refractivity contribution is 5.33. The molecule has 0 bridgehead atoms.